The maximum Gasteiger partial charge on any atom is 0.137 e. The van der Waals surface area contributed by atoms with Crippen LogP contribution in [0.5, 0.6) is 0 Å². The van der Waals surface area contributed by atoms with Crippen LogP contribution in [0.3, 0.4) is 0 Å². The zero-order chi connectivity index (χ0) is 20.8. The van der Waals surface area contributed by atoms with Crippen LogP contribution >= 0.6 is 0 Å². The van der Waals surface area contributed by atoms with E-state index in [2.05, 4.69) is 62.3 Å². The predicted molar refractivity (Wildman–Crippen MR) is 125 cm³/mol. The molecule has 1 aliphatic heterocycles. The number of pyridine rings is 2. The lowest BCUT2D eigenvalue weighted by atomic mass is 10.1. The Balaban J connectivity index is 1.46. The number of rotatable bonds is 3. The number of benzene rings is 1. The second-order valence-electron chi connectivity index (χ2n) is 8.38. The Morgan fingerprint density at radius 2 is 1.71 bits per heavy atom. The Bertz CT molecular complexity index is 1390. The van der Waals surface area contributed by atoms with Crippen LogP contribution in [-0.2, 0) is 0 Å². The average molecular weight is 409 g/mol. The van der Waals surface area contributed by atoms with Crippen LogP contribution < -0.4 is 4.90 Å². The van der Waals surface area contributed by atoms with Gasteiger partial charge in [-0.05, 0) is 68.1 Å². The highest BCUT2D eigenvalue weighted by Crippen LogP contribution is 2.34. The summed E-state index contributed by atoms with van der Waals surface area (Å²) in [6.45, 7) is 4.24. The van der Waals surface area contributed by atoms with E-state index in [9.17, 15) is 0 Å². The lowest BCUT2D eigenvalue weighted by Crippen LogP contribution is -2.30. The summed E-state index contributed by atoms with van der Waals surface area (Å²) in [6, 6.07) is 14.7. The molecule has 1 saturated heterocycles. The number of hydrogen-bond acceptors (Lipinski definition) is 4. The number of fused-ring (bicyclic) bond motifs is 2. The van der Waals surface area contributed by atoms with Crippen molar-refractivity contribution in [2.75, 3.05) is 18.0 Å². The quantitative estimate of drug-likeness (QED) is 0.415. The molecule has 0 saturated carbocycles. The Morgan fingerprint density at radius 3 is 2.58 bits per heavy atom. The van der Waals surface area contributed by atoms with Crippen molar-refractivity contribution in [3.05, 3.63) is 60.4 Å². The van der Waals surface area contributed by atoms with Crippen LogP contribution in [0, 0.1) is 6.92 Å². The minimum atomic E-state index is 0.922. The number of anilines is 1. The highest BCUT2D eigenvalue weighted by molar-refractivity contribution is 6.00. The number of aromatic nitrogens is 5. The molecule has 154 valence electrons. The maximum atomic E-state index is 4.72. The van der Waals surface area contributed by atoms with E-state index in [1.807, 2.05) is 24.5 Å². The fourth-order valence-corrected chi connectivity index (χ4v) is 4.60. The number of H-pyrrole nitrogens is 2. The summed E-state index contributed by atoms with van der Waals surface area (Å²) < 4.78 is 0. The smallest absolute Gasteiger partial charge is 0.137 e. The zero-order valence-corrected chi connectivity index (χ0v) is 17.5. The van der Waals surface area contributed by atoms with E-state index in [0.717, 1.165) is 63.4 Å². The molecule has 0 amide bonds. The summed E-state index contributed by atoms with van der Waals surface area (Å²) in [5.74, 6) is 1.07. The largest absolute Gasteiger partial charge is 0.356 e. The number of aromatic amines is 2. The highest BCUT2D eigenvalue weighted by atomic mass is 15.2. The Hall–Kier alpha value is -3.67. The van der Waals surface area contributed by atoms with Crippen LogP contribution in [-0.4, -0.2) is 38.2 Å². The summed E-state index contributed by atoms with van der Waals surface area (Å²) >= 11 is 0. The van der Waals surface area contributed by atoms with E-state index >= 15 is 0 Å². The molecule has 0 spiro atoms. The molecule has 1 fully saturated rings. The van der Waals surface area contributed by atoms with Gasteiger partial charge in [0.2, 0.25) is 0 Å². The normalized spacial score (nSPS) is 14.5. The fourth-order valence-electron chi connectivity index (χ4n) is 4.60. The first-order valence-electron chi connectivity index (χ1n) is 10.9. The molecule has 1 aromatic carbocycles. The van der Waals surface area contributed by atoms with Crippen LogP contribution in [0.2, 0.25) is 0 Å². The Morgan fingerprint density at radius 1 is 0.839 bits per heavy atom. The SMILES string of the molecule is Cc1ccnc(-c2ccc3[nH]nc(-c4cc5c(N6CCCCC6)nccc5[nH]4)c3c2)c1. The third kappa shape index (κ3) is 3.15. The summed E-state index contributed by atoms with van der Waals surface area (Å²) in [6.07, 6.45) is 7.53. The molecule has 6 nitrogen and oxygen atoms in total. The number of nitrogens with one attached hydrogen (secondary N) is 2. The first-order chi connectivity index (χ1) is 15.3. The molecule has 5 aromatic rings. The molecule has 0 aliphatic carbocycles. The molecular weight excluding hydrogens is 384 g/mol. The third-order valence-corrected chi connectivity index (χ3v) is 6.21. The monoisotopic (exact) mass is 408 g/mol. The lowest BCUT2D eigenvalue weighted by molar-refractivity contribution is 0.575. The van der Waals surface area contributed by atoms with Gasteiger partial charge in [-0.25, -0.2) is 4.98 Å². The summed E-state index contributed by atoms with van der Waals surface area (Å²) in [5.41, 5.74) is 7.30. The molecule has 2 N–H and O–H groups in total. The number of aryl methyl sites for hydroxylation is 1. The number of nitrogens with zero attached hydrogens (tertiary/aromatic N) is 4. The molecule has 31 heavy (non-hydrogen) atoms. The van der Waals surface area contributed by atoms with Gasteiger partial charge < -0.3 is 9.88 Å². The molecule has 0 atom stereocenters. The van der Waals surface area contributed by atoms with E-state index in [-0.39, 0.29) is 0 Å². The van der Waals surface area contributed by atoms with Crippen molar-refractivity contribution in [3.63, 3.8) is 0 Å². The van der Waals surface area contributed by atoms with E-state index < -0.39 is 0 Å². The third-order valence-electron chi connectivity index (χ3n) is 6.21. The first-order valence-corrected chi connectivity index (χ1v) is 10.9. The Kier molecular flexibility index (Phi) is 4.23. The van der Waals surface area contributed by atoms with E-state index in [1.54, 1.807) is 0 Å². The van der Waals surface area contributed by atoms with Crippen molar-refractivity contribution in [3.8, 4) is 22.6 Å². The molecule has 5 heterocycles. The lowest BCUT2D eigenvalue weighted by Gasteiger charge is -2.28. The van der Waals surface area contributed by atoms with Gasteiger partial charge >= 0.3 is 0 Å². The van der Waals surface area contributed by atoms with Gasteiger partial charge in [-0.1, -0.05) is 6.07 Å². The summed E-state index contributed by atoms with van der Waals surface area (Å²) in [4.78, 5) is 15.3. The van der Waals surface area contributed by atoms with Gasteiger partial charge in [-0.2, -0.15) is 5.10 Å². The van der Waals surface area contributed by atoms with Gasteiger partial charge in [0.15, 0.2) is 0 Å². The molecule has 0 bridgehead atoms. The zero-order valence-electron chi connectivity index (χ0n) is 17.5. The van der Waals surface area contributed by atoms with Crippen molar-refractivity contribution in [1.82, 2.24) is 25.1 Å². The molecule has 0 radical (unpaired) electrons. The van der Waals surface area contributed by atoms with Gasteiger partial charge in [-0.15, -0.1) is 0 Å². The number of piperidine rings is 1. The molecular formula is C25H24N6. The summed E-state index contributed by atoms with van der Waals surface area (Å²) in [5, 5.41) is 10.1. The predicted octanol–water partition coefficient (Wildman–Crippen LogP) is 5.47. The topological polar surface area (TPSA) is 73.5 Å². The minimum Gasteiger partial charge on any atom is -0.356 e. The number of hydrogen-bond donors (Lipinski definition) is 2. The van der Waals surface area contributed by atoms with Crippen LogP contribution in [0.4, 0.5) is 5.82 Å². The summed E-state index contributed by atoms with van der Waals surface area (Å²) in [7, 11) is 0. The molecule has 6 heteroatoms. The van der Waals surface area contributed by atoms with Gasteiger partial charge in [0.05, 0.1) is 22.4 Å². The van der Waals surface area contributed by atoms with Crippen molar-refractivity contribution in [1.29, 1.82) is 0 Å². The molecule has 0 unspecified atom stereocenters. The fraction of sp³-hybridized carbons (Fsp3) is 0.240. The maximum absolute atomic E-state index is 4.72. The van der Waals surface area contributed by atoms with Crippen LogP contribution in [0.15, 0.2) is 54.9 Å². The highest BCUT2D eigenvalue weighted by Gasteiger charge is 2.18. The van der Waals surface area contributed by atoms with Crippen molar-refractivity contribution in [2.24, 2.45) is 0 Å². The van der Waals surface area contributed by atoms with Crippen molar-refractivity contribution >= 4 is 27.6 Å². The van der Waals surface area contributed by atoms with Crippen molar-refractivity contribution in [2.45, 2.75) is 26.2 Å². The van der Waals surface area contributed by atoms with E-state index in [4.69, 9.17) is 4.98 Å². The average Bonchev–Trinajstić information content (AvgIpc) is 3.43. The van der Waals surface area contributed by atoms with Crippen LogP contribution in [0.1, 0.15) is 24.8 Å². The standard InChI is InChI=1S/C25H24N6/c1-16-7-9-26-22(13-16)17-5-6-21-18(14-17)24(30-29-21)23-15-19-20(28-23)8-10-27-25(19)31-11-3-2-4-12-31/h5-10,13-15,28H,2-4,11-12H2,1H3,(H,29,30). The van der Waals surface area contributed by atoms with Crippen molar-refractivity contribution < 1.29 is 0 Å². The minimum absolute atomic E-state index is 0.922. The molecule has 6 rings (SSSR count). The van der Waals surface area contributed by atoms with Gasteiger partial charge in [0, 0.05) is 41.8 Å². The first kappa shape index (κ1) is 18.1. The van der Waals surface area contributed by atoms with E-state index in [1.165, 1.54) is 24.8 Å². The van der Waals surface area contributed by atoms with Crippen LogP contribution in [0.25, 0.3) is 44.5 Å². The van der Waals surface area contributed by atoms with Gasteiger partial charge in [-0.3, -0.25) is 10.1 Å². The van der Waals surface area contributed by atoms with E-state index in [0.29, 0.717) is 0 Å². The Labute approximate surface area is 180 Å². The van der Waals surface area contributed by atoms with Gasteiger partial charge in [0.25, 0.3) is 0 Å². The van der Waals surface area contributed by atoms with Gasteiger partial charge in [0.1, 0.15) is 11.5 Å². The molecule has 4 aromatic heterocycles. The second kappa shape index (κ2) is 7.23. The molecule has 1 aliphatic rings. The second-order valence-corrected chi connectivity index (χ2v) is 8.38.